The Labute approximate surface area is 653 Å². The summed E-state index contributed by atoms with van der Waals surface area (Å²) in [6, 6.07) is 2.47. The number of amides is 6. The molecule has 0 aromatic carbocycles. The van der Waals surface area contributed by atoms with E-state index in [4.69, 9.17) is 38.6 Å². The Balaban J connectivity index is 0.000000487. The van der Waals surface area contributed by atoms with Crippen LogP contribution in [0.2, 0.25) is 0 Å². The van der Waals surface area contributed by atoms with Crippen LogP contribution in [0.3, 0.4) is 0 Å². The van der Waals surface area contributed by atoms with Gasteiger partial charge in [0.2, 0.25) is 23.9 Å². The molecule has 3 aliphatic carbocycles. The number of urea groups is 3. The van der Waals surface area contributed by atoms with Crippen LogP contribution in [0.15, 0.2) is 37.6 Å². The van der Waals surface area contributed by atoms with Crippen LogP contribution in [0.4, 0.5) is 41.8 Å². The van der Waals surface area contributed by atoms with E-state index in [0.717, 1.165) is 116 Å². The summed E-state index contributed by atoms with van der Waals surface area (Å²) < 4.78 is 31.2. The van der Waals surface area contributed by atoms with Crippen LogP contribution >= 0.6 is 0 Å². The molecule has 3 saturated carbocycles. The normalized spacial score (nSPS) is 20.6. The van der Waals surface area contributed by atoms with E-state index in [9.17, 15) is 52.7 Å². The zero-order valence-corrected chi connectivity index (χ0v) is 68.0. The zero-order valence-electron chi connectivity index (χ0n) is 68.0. The molecule has 6 rings (SSSR count). The molecule has 0 saturated heterocycles. The number of ether oxygens (including phenoxy) is 6. The molecule has 3 aromatic rings. The number of aliphatic hydroxyl groups is 2. The van der Waals surface area contributed by atoms with Crippen LogP contribution in [0.1, 0.15) is 266 Å². The van der Waals surface area contributed by atoms with E-state index in [1.165, 1.54) is 18.2 Å². The van der Waals surface area contributed by atoms with Crippen molar-refractivity contribution in [3.05, 3.63) is 66.3 Å². The van der Waals surface area contributed by atoms with E-state index in [2.05, 4.69) is 129 Å². The third-order valence-electron chi connectivity index (χ3n) is 19.6. The molecule has 0 bridgehead atoms. The first-order chi connectivity index (χ1) is 52.4. The first-order valence-corrected chi connectivity index (χ1v) is 39.5. The molecule has 32 heteroatoms. The van der Waals surface area contributed by atoms with Crippen molar-refractivity contribution in [1.29, 1.82) is 0 Å². The standard InChI is InChI=1S/C49H78N8O11.C17H25N5O3.C13H26O5/c1-33-25-37(58)54-41(50-33)56-43(62)52-35-27-46(3,4)31-48(7,29-35)19-17-39(60)65-21-13-9-11-15-23-67-45(64)68-24-16-12-10-14-22-66-40(61)18-20-49(8)30-36(28-47(5,6)32-49)53-44(63)57-42-51-34(2)26-38(59)55-42;1-11-5-13(24)21-14(19-11)22-15(25)20-12-6-16(2,3)8-17(4,7-12)9-18-10-23;14-9-5-1-3-7-11-17-13(16)18-12-8-4-2-6-10-15/h25-26,35-36H,9-24,27-32H2,1-8H3,(H3,50,52,54,56,58,62)(H3,51,53,55,57,59,63);5,12H,6-9H2,1-4H3,(H3,19,20,21,22,24,25);14-15H,1-12H2. The summed E-state index contributed by atoms with van der Waals surface area (Å²) in [5.41, 5.74) is -0.0818. The zero-order chi connectivity index (χ0) is 82.1. The third-order valence-corrected chi connectivity index (χ3v) is 19.6. The van der Waals surface area contributed by atoms with E-state index in [1.54, 1.807) is 26.9 Å². The number of H-pyrrole nitrogens is 3. The molecule has 3 aromatic heterocycles. The third kappa shape index (κ3) is 41.9. The number of esters is 2. The first kappa shape index (κ1) is 94.6. The van der Waals surface area contributed by atoms with Gasteiger partial charge < -0.3 is 54.6 Å². The number of hydrogen-bond acceptors (Lipinski definition) is 23. The van der Waals surface area contributed by atoms with Crippen molar-refractivity contribution in [2.24, 2.45) is 37.5 Å². The molecule has 6 unspecified atom stereocenters. The topological polar surface area (TPSA) is 454 Å². The van der Waals surface area contributed by atoms with E-state index in [0.29, 0.717) is 108 Å². The average molecular weight is 1560 g/mol. The number of rotatable bonds is 40. The number of aliphatic imine (C=N–C) groups is 1. The maximum atomic E-state index is 12.7. The number of carbonyl (C=O) groups is 7. The summed E-state index contributed by atoms with van der Waals surface area (Å²) in [7, 11) is 0. The SMILES string of the molecule is Cc1cc(=O)[nH]c(NC(=O)NC2CC(C)(C)CC(C)(CCC(=O)OCCCCCCOC(=O)OCCCCCCOC(=O)CCC3(C)CC(NC(=O)Nc4nc(C)cc(=O)[nH]4)CC(C)(C)C3)C2)n1.Cc1cc(=O)[nH]c(NC(=O)NC2CC(C)(C)CC(C)(CN=C=O)C2)n1.O=C(OCCCCCCO)OCCCCCCO. The van der Waals surface area contributed by atoms with E-state index < -0.39 is 30.4 Å². The number of aromatic amines is 3. The van der Waals surface area contributed by atoms with Gasteiger partial charge in [0.15, 0.2) is 0 Å². The summed E-state index contributed by atoms with van der Waals surface area (Å²) in [5.74, 6) is -0.179. The quantitative estimate of drug-likeness (QED) is 0.00828. The Kier molecular flexibility index (Phi) is 41.1. The van der Waals surface area contributed by atoms with Crippen LogP contribution in [0.5, 0.6) is 0 Å². The number of nitrogens with zero attached hydrogens (tertiary/aromatic N) is 4. The average Bonchev–Trinajstić information content (AvgIpc) is 0.807. The lowest BCUT2D eigenvalue weighted by Crippen LogP contribution is -2.49. The van der Waals surface area contributed by atoms with Gasteiger partial charge in [-0.25, -0.2) is 48.7 Å². The number of aryl methyl sites for hydroxylation is 3. The smallest absolute Gasteiger partial charge is 0.466 e. The van der Waals surface area contributed by atoms with E-state index in [1.807, 2.05) is 0 Å². The van der Waals surface area contributed by atoms with Gasteiger partial charge in [0.1, 0.15) is 0 Å². The highest BCUT2D eigenvalue weighted by Crippen LogP contribution is 2.50. The highest BCUT2D eigenvalue weighted by Gasteiger charge is 2.45. The van der Waals surface area contributed by atoms with Crippen molar-refractivity contribution in [3.63, 3.8) is 0 Å². The van der Waals surface area contributed by atoms with E-state index in [-0.39, 0.29) is 136 Å². The van der Waals surface area contributed by atoms with Gasteiger partial charge >= 0.3 is 42.3 Å². The fraction of sp³-hybridized carbons (Fsp3) is 0.747. The molecule has 3 heterocycles. The number of isocyanates is 1. The fourth-order valence-corrected chi connectivity index (χ4v) is 16.1. The number of aromatic nitrogens is 6. The van der Waals surface area contributed by atoms with Gasteiger partial charge in [-0.2, -0.15) is 0 Å². The number of nitrogens with one attached hydrogen (secondary N) is 9. The minimum absolute atomic E-state index is 0.0131. The molecule has 3 aliphatic rings. The Morgan fingerprint density at radius 2 is 0.694 bits per heavy atom. The van der Waals surface area contributed by atoms with Gasteiger partial charge in [0.05, 0.1) is 46.2 Å². The van der Waals surface area contributed by atoms with Gasteiger partial charge in [0, 0.05) is 79.5 Å². The van der Waals surface area contributed by atoms with E-state index >= 15 is 0 Å². The second-order valence-electron chi connectivity index (χ2n) is 33.6. The molecule has 0 radical (unpaired) electrons. The molecular weight excluding hydrogens is 1430 g/mol. The summed E-state index contributed by atoms with van der Waals surface area (Å²) in [6.07, 6.45) is 22.5. The Hall–Kier alpha value is -8.77. The number of unbranched alkanes of at least 4 members (excludes halogenated alkanes) is 12. The van der Waals surface area contributed by atoms with Crippen LogP contribution in [0, 0.1) is 53.3 Å². The molecule has 11 N–H and O–H groups in total. The van der Waals surface area contributed by atoms with Gasteiger partial charge in [0.25, 0.3) is 16.7 Å². The van der Waals surface area contributed by atoms with Crippen LogP contribution in [-0.2, 0) is 42.8 Å². The molecule has 624 valence electrons. The molecule has 6 amide bonds. The fourth-order valence-electron chi connectivity index (χ4n) is 16.1. The monoisotopic (exact) mass is 1560 g/mol. The molecule has 3 fully saturated rings. The number of hydrogen-bond donors (Lipinski definition) is 11. The lowest BCUT2D eigenvalue weighted by atomic mass is 9.61. The molecule has 0 spiro atoms. The number of carbonyl (C=O) groups excluding carboxylic acids is 8. The van der Waals surface area contributed by atoms with Gasteiger partial charge in [-0.1, -0.05) is 75.2 Å². The molecule has 0 aliphatic heterocycles. The van der Waals surface area contributed by atoms with Crippen LogP contribution in [0.25, 0.3) is 0 Å². The van der Waals surface area contributed by atoms with Gasteiger partial charge in [-0.15, -0.1) is 0 Å². The van der Waals surface area contributed by atoms with Crippen molar-refractivity contribution in [3.8, 4) is 0 Å². The Bertz CT molecular complexity index is 3470. The lowest BCUT2D eigenvalue weighted by molar-refractivity contribution is -0.145. The number of aliphatic hydroxyl groups excluding tert-OH is 2. The summed E-state index contributed by atoms with van der Waals surface area (Å²) in [6.45, 7) is 27.1. The maximum absolute atomic E-state index is 12.7. The molecule has 111 heavy (non-hydrogen) atoms. The second kappa shape index (κ2) is 48.2. The summed E-state index contributed by atoms with van der Waals surface area (Å²) in [5, 5.41) is 33.9. The second-order valence-corrected chi connectivity index (χ2v) is 33.6. The van der Waals surface area contributed by atoms with Crippen molar-refractivity contribution in [2.45, 2.75) is 287 Å². The maximum Gasteiger partial charge on any atom is 0.508 e. The summed E-state index contributed by atoms with van der Waals surface area (Å²) in [4.78, 5) is 155. The van der Waals surface area contributed by atoms with Gasteiger partial charge in [-0.3, -0.25) is 54.9 Å². The van der Waals surface area contributed by atoms with Crippen molar-refractivity contribution in [2.75, 3.05) is 75.4 Å². The molecule has 32 nitrogen and oxygen atoms in total. The Morgan fingerprint density at radius 3 is 0.973 bits per heavy atom. The molecule has 6 atom stereocenters. The minimum atomic E-state index is -0.692. The van der Waals surface area contributed by atoms with Crippen molar-refractivity contribution in [1.82, 2.24) is 45.9 Å². The summed E-state index contributed by atoms with van der Waals surface area (Å²) >= 11 is 0. The predicted octanol–water partition coefficient (Wildman–Crippen LogP) is 12.9. The predicted molar refractivity (Wildman–Crippen MR) is 420 cm³/mol. The highest BCUT2D eigenvalue weighted by molar-refractivity contribution is 5.88. The molecular formula is C79H129N13O19. The van der Waals surface area contributed by atoms with Crippen LogP contribution < -0.4 is 48.6 Å². The minimum Gasteiger partial charge on any atom is -0.466 e. The first-order valence-electron chi connectivity index (χ1n) is 39.5. The van der Waals surface area contributed by atoms with Gasteiger partial charge in [-0.05, 0) is 214 Å². The van der Waals surface area contributed by atoms with Crippen molar-refractivity contribution >= 4 is 66.3 Å². The largest absolute Gasteiger partial charge is 0.508 e. The van der Waals surface area contributed by atoms with Crippen LogP contribution in [-0.4, -0.2) is 166 Å². The Morgan fingerprint density at radius 1 is 0.423 bits per heavy atom. The van der Waals surface area contributed by atoms with Crippen molar-refractivity contribution < 1.29 is 77.0 Å². The number of anilines is 3. The lowest BCUT2D eigenvalue weighted by Gasteiger charge is -2.47. The highest BCUT2D eigenvalue weighted by atomic mass is 16.7.